The zero-order valence-corrected chi connectivity index (χ0v) is 12.1. The van der Waals surface area contributed by atoms with Gasteiger partial charge < -0.3 is 9.47 Å². The van der Waals surface area contributed by atoms with Crippen molar-refractivity contribution in [3.05, 3.63) is 57.8 Å². The number of benzene rings is 1. The Labute approximate surface area is 131 Å². The highest BCUT2D eigenvalue weighted by Crippen LogP contribution is 2.24. The number of carbonyl (C=O) groups excluding carboxylic acids is 1. The third kappa shape index (κ3) is 3.79. The van der Waals surface area contributed by atoms with Gasteiger partial charge in [0.1, 0.15) is 11.8 Å². The van der Waals surface area contributed by atoms with E-state index >= 15 is 0 Å². The van der Waals surface area contributed by atoms with Crippen LogP contribution < -0.4 is 4.74 Å². The van der Waals surface area contributed by atoms with Gasteiger partial charge in [0.05, 0.1) is 17.1 Å². The molecule has 0 aliphatic rings. The third-order valence-corrected chi connectivity index (χ3v) is 2.72. The summed E-state index contributed by atoms with van der Waals surface area (Å²) in [7, 11) is 0. The average Bonchev–Trinajstić information content (AvgIpc) is 2.55. The molecule has 2 aromatic rings. The number of ether oxygens (including phenoxy) is 2. The van der Waals surface area contributed by atoms with Crippen molar-refractivity contribution < 1.29 is 19.2 Å². The normalized spacial score (nSPS) is 9.74. The zero-order valence-electron chi connectivity index (χ0n) is 12.1. The molecule has 0 fully saturated rings. The molecule has 0 unspecified atom stereocenters. The lowest BCUT2D eigenvalue weighted by Crippen LogP contribution is -2.04. The molecule has 116 valence electrons. The Kier molecular flexibility index (Phi) is 4.84. The van der Waals surface area contributed by atoms with Gasteiger partial charge in [-0.05, 0) is 25.1 Å². The van der Waals surface area contributed by atoms with Crippen molar-refractivity contribution in [3.63, 3.8) is 0 Å². The van der Waals surface area contributed by atoms with Crippen LogP contribution in [0.2, 0.25) is 0 Å². The number of carbonyl (C=O) groups is 1. The molecule has 23 heavy (non-hydrogen) atoms. The van der Waals surface area contributed by atoms with Gasteiger partial charge in [0, 0.05) is 12.1 Å². The maximum absolute atomic E-state index is 11.7. The molecule has 1 heterocycles. The molecule has 8 nitrogen and oxygen atoms in total. The highest BCUT2D eigenvalue weighted by Gasteiger charge is 2.16. The van der Waals surface area contributed by atoms with Crippen LogP contribution in [-0.2, 0) is 4.74 Å². The summed E-state index contributed by atoms with van der Waals surface area (Å²) in [4.78, 5) is 25.5. The molecule has 8 heteroatoms. The highest BCUT2D eigenvalue weighted by molar-refractivity contribution is 5.89. The van der Waals surface area contributed by atoms with Gasteiger partial charge in [0.15, 0.2) is 0 Å². The van der Waals surface area contributed by atoms with E-state index in [0.717, 1.165) is 6.07 Å². The number of nitrogens with zero attached hydrogens (tertiary/aromatic N) is 3. The van der Waals surface area contributed by atoms with Crippen molar-refractivity contribution in [1.29, 1.82) is 5.26 Å². The van der Waals surface area contributed by atoms with Crippen LogP contribution in [0.5, 0.6) is 11.6 Å². The summed E-state index contributed by atoms with van der Waals surface area (Å²) in [5.41, 5.74) is -0.457. The number of rotatable bonds is 5. The standard InChI is InChI=1S/C15H11N3O5/c1-2-22-15(19)10-4-3-5-11(8-10)23-14-7-6-13(18(20)21)12(9-16)17-14/h3-8H,2H2,1H3. The first-order valence-corrected chi connectivity index (χ1v) is 6.55. The van der Waals surface area contributed by atoms with E-state index in [9.17, 15) is 14.9 Å². The van der Waals surface area contributed by atoms with Gasteiger partial charge >= 0.3 is 11.7 Å². The molecular formula is C15H11N3O5. The summed E-state index contributed by atoms with van der Waals surface area (Å²) in [6.45, 7) is 1.95. The van der Waals surface area contributed by atoms with E-state index in [-0.39, 0.29) is 18.2 Å². The molecule has 1 aromatic heterocycles. The minimum atomic E-state index is -0.698. The molecule has 0 aliphatic carbocycles. The first-order valence-electron chi connectivity index (χ1n) is 6.55. The van der Waals surface area contributed by atoms with Crippen LogP contribution >= 0.6 is 0 Å². The Morgan fingerprint density at radius 3 is 2.83 bits per heavy atom. The van der Waals surface area contributed by atoms with Crippen molar-refractivity contribution in [2.24, 2.45) is 0 Å². The smallest absolute Gasteiger partial charge is 0.338 e. The molecule has 1 aromatic carbocycles. The van der Waals surface area contributed by atoms with E-state index < -0.39 is 16.6 Å². The second-order valence-corrected chi connectivity index (χ2v) is 4.24. The van der Waals surface area contributed by atoms with Gasteiger partial charge in [-0.1, -0.05) is 6.07 Å². The van der Waals surface area contributed by atoms with Crippen LogP contribution in [0.15, 0.2) is 36.4 Å². The second-order valence-electron chi connectivity index (χ2n) is 4.24. The van der Waals surface area contributed by atoms with Crippen molar-refractivity contribution in [2.75, 3.05) is 6.61 Å². The Morgan fingerprint density at radius 2 is 2.17 bits per heavy atom. The largest absolute Gasteiger partial charge is 0.462 e. The lowest BCUT2D eigenvalue weighted by Gasteiger charge is -2.07. The summed E-state index contributed by atoms with van der Waals surface area (Å²) in [5.74, 6) is -0.193. The monoisotopic (exact) mass is 313 g/mol. The van der Waals surface area contributed by atoms with E-state index in [4.69, 9.17) is 14.7 Å². The maximum Gasteiger partial charge on any atom is 0.338 e. The minimum absolute atomic E-state index is 0.00755. The quantitative estimate of drug-likeness (QED) is 0.473. The summed E-state index contributed by atoms with van der Waals surface area (Å²) in [6.07, 6.45) is 0. The summed E-state index contributed by atoms with van der Waals surface area (Å²) in [6, 6.07) is 10.2. The van der Waals surface area contributed by atoms with Gasteiger partial charge in [-0.2, -0.15) is 10.2 Å². The number of aromatic nitrogens is 1. The van der Waals surface area contributed by atoms with Crippen molar-refractivity contribution in [2.45, 2.75) is 6.92 Å². The van der Waals surface area contributed by atoms with Gasteiger partial charge in [0.25, 0.3) is 0 Å². The van der Waals surface area contributed by atoms with E-state index in [1.807, 2.05) is 0 Å². The molecule has 0 N–H and O–H groups in total. The summed E-state index contributed by atoms with van der Waals surface area (Å²) in [5, 5.41) is 19.7. The molecule has 0 spiro atoms. The zero-order chi connectivity index (χ0) is 16.8. The Morgan fingerprint density at radius 1 is 1.39 bits per heavy atom. The van der Waals surface area contributed by atoms with Crippen molar-refractivity contribution in [1.82, 2.24) is 4.98 Å². The van der Waals surface area contributed by atoms with E-state index in [1.165, 1.54) is 12.1 Å². The lowest BCUT2D eigenvalue weighted by molar-refractivity contribution is -0.385. The fourth-order valence-corrected chi connectivity index (χ4v) is 1.74. The molecule has 0 radical (unpaired) electrons. The van der Waals surface area contributed by atoms with Crippen LogP contribution in [0, 0.1) is 21.4 Å². The first-order chi connectivity index (χ1) is 11.0. The highest BCUT2D eigenvalue weighted by atomic mass is 16.6. The Bertz CT molecular complexity index is 798. The van der Waals surface area contributed by atoms with Crippen LogP contribution in [0.1, 0.15) is 23.0 Å². The SMILES string of the molecule is CCOC(=O)c1cccc(Oc2ccc([N+](=O)[O-])c(C#N)n2)c1. The first kappa shape index (κ1) is 15.9. The number of hydrogen-bond acceptors (Lipinski definition) is 7. The van der Waals surface area contributed by atoms with Crippen LogP contribution in [-0.4, -0.2) is 22.5 Å². The topological polar surface area (TPSA) is 115 Å². The van der Waals surface area contributed by atoms with Gasteiger partial charge in [-0.15, -0.1) is 0 Å². The molecule has 0 bridgehead atoms. The molecule has 0 saturated carbocycles. The Hall–Kier alpha value is -3.47. The van der Waals surface area contributed by atoms with E-state index in [2.05, 4.69) is 4.98 Å². The van der Waals surface area contributed by atoms with Crippen LogP contribution in [0.25, 0.3) is 0 Å². The number of nitriles is 1. The molecule has 0 atom stereocenters. The van der Waals surface area contributed by atoms with E-state index in [0.29, 0.717) is 11.3 Å². The van der Waals surface area contributed by atoms with Crippen LogP contribution in [0.4, 0.5) is 5.69 Å². The van der Waals surface area contributed by atoms with Crippen molar-refractivity contribution >= 4 is 11.7 Å². The number of hydrogen-bond donors (Lipinski definition) is 0. The van der Waals surface area contributed by atoms with Gasteiger partial charge in [-0.25, -0.2) is 4.79 Å². The third-order valence-electron chi connectivity index (χ3n) is 2.72. The van der Waals surface area contributed by atoms with E-state index in [1.54, 1.807) is 31.2 Å². The van der Waals surface area contributed by atoms with Gasteiger partial charge in [0.2, 0.25) is 11.6 Å². The lowest BCUT2D eigenvalue weighted by atomic mass is 10.2. The molecular weight excluding hydrogens is 302 g/mol. The molecule has 0 saturated heterocycles. The minimum Gasteiger partial charge on any atom is -0.462 e. The molecule has 0 amide bonds. The number of esters is 1. The number of nitro groups is 1. The summed E-state index contributed by atoms with van der Waals surface area (Å²) >= 11 is 0. The molecule has 0 aliphatic heterocycles. The van der Waals surface area contributed by atoms with Gasteiger partial charge in [-0.3, -0.25) is 10.1 Å². The predicted molar refractivity (Wildman–Crippen MR) is 78.1 cm³/mol. The average molecular weight is 313 g/mol. The Balaban J connectivity index is 2.26. The fourth-order valence-electron chi connectivity index (χ4n) is 1.74. The maximum atomic E-state index is 11.7. The molecule has 2 rings (SSSR count). The number of pyridine rings is 1. The fraction of sp³-hybridized carbons (Fsp3) is 0.133. The van der Waals surface area contributed by atoms with Crippen molar-refractivity contribution in [3.8, 4) is 17.7 Å². The predicted octanol–water partition coefficient (Wildman–Crippen LogP) is 2.83. The van der Waals surface area contributed by atoms with Crippen LogP contribution in [0.3, 0.4) is 0 Å². The summed E-state index contributed by atoms with van der Waals surface area (Å²) < 4.78 is 10.3. The second kappa shape index (κ2) is 7.00.